The zero-order valence-electron chi connectivity index (χ0n) is 13.4. The molecule has 1 fully saturated rings. The average molecular weight is 304 g/mol. The van der Waals surface area contributed by atoms with Crippen LogP contribution in [0.15, 0.2) is 18.3 Å². The fourth-order valence-corrected chi connectivity index (χ4v) is 2.72. The van der Waals surface area contributed by atoms with Crippen LogP contribution in [0, 0.1) is 5.92 Å². The van der Waals surface area contributed by atoms with Crippen LogP contribution >= 0.6 is 0 Å². The first-order chi connectivity index (χ1) is 10.5. The predicted molar refractivity (Wildman–Crippen MR) is 85.8 cm³/mol. The third-order valence-electron chi connectivity index (χ3n) is 4.07. The van der Waals surface area contributed by atoms with Crippen molar-refractivity contribution in [2.45, 2.75) is 38.6 Å². The largest absolute Gasteiger partial charge is 0.343 e. The van der Waals surface area contributed by atoms with Gasteiger partial charge in [-0.05, 0) is 30.9 Å². The van der Waals surface area contributed by atoms with Crippen molar-refractivity contribution in [3.63, 3.8) is 0 Å². The molecular weight excluding hydrogens is 280 g/mol. The van der Waals surface area contributed by atoms with Crippen LogP contribution < -0.4 is 10.6 Å². The molecule has 1 aliphatic carbocycles. The smallest absolute Gasteiger partial charge is 0.319 e. The van der Waals surface area contributed by atoms with Gasteiger partial charge >= 0.3 is 6.03 Å². The summed E-state index contributed by atoms with van der Waals surface area (Å²) in [7, 11) is 3.34. The normalized spacial score (nSPS) is 21.0. The van der Waals surface area contributed by atoms with E-state index < -0.39 is 0 Å². The second kappa shape index (κ2) is 7.24. The van der Waals surface area contributed by atoms with E-state index in [4.69, 9.17) is 0 Å². The third-order valence-corrected chi connectivity index (χ3v) is 4.07. The Hall–Kier alpha value is -2.11. The zero-order chi connectivity index (χ0) is 16.1. The molecule has 1 aromatic heterocycles. The molecule has 6 nitrogen and oxygen atoms in total. The maximum Gasteiger partial charge on any atom is 0.319 e. The van der Waals surface area contributed by atoms with Crippen LogP contribution in [0.2, 0.25) is 0 Å². The molecule has 3 amide bonds. The average Bonchev–Trinajstić information content (AvgIpc) is 2.49. The summed E-state index contributed by atoms with van der Waals surface area (Å²) in [5, 5.41) is 5.81. The number of nitrogens with one attached hydrogen (secondary N) is 2. The summed E-state index contributed by atoms with van der Waals surface area (Å²) in [5.41, 5.74) is 0.884. The molecule has 0 aliphatic heterocycles. The highest BCUT2D eigenvalue weighted by Gasteiger charge is 2.22. The Balaban J connectivity index is 1.96. The Morgan fingerprint density at radius 2 is 2.00 bits per heavy atom. The van der Waals surface area contributed by atoms with E-state index in [9.17, 15) is 9.59 Å². The number of carbonyl (C=O) groups excluding carboxylic acids is 2. The molecule has 0 aromatic carbocycles. The Morgan fingerprint density at radius 3 is 2.68 bits per heavy atom. The van der Waals surface area contributed by atoms with Crippen LogP contribution in [0.5, 0.6) is 0 Å². The lowest BCUT2D eigenvalue weighted by atomic mass is 9.86. The molecule has 6 heteroatoms. The fourth-order valence-electron chi connectivity index (χ4n) is 2.72. The molecular formula is C16H24N4O2. The number of anilines is 1. The molecule has 1 aliphatic rings. The minimum atomic E-state index is -0.229. The molecule has 1 saturated carbocycles. The van der Waals surface area contributed by atoms with Gasteiger partial charge in [0.05, 0.1) is 0 Å². The number of hydrogen-bond acceptors (Lipinski definition) is 3. The Kier molecular flexibility index (Phi) is 5.35. The second-order valence-corrected chi connectivity index (χ2v) is 6.10. The SMILES string of the molecule is CC1CCCCC1NC(=O)Nc1ccnc(C(=O)N(C)C)c1. The van der Waals surface area contributed by atoms with Crippen molar-refractivity contribution in [1.29, 1.82) is 0 Å². The number of amides is 3. The summed E-state index contributed by atoms with van der Waals surface area (Å²) in [6, 6.07) is 3.26. The van der Waals surface area contributed by atoms with Crippen LogP contribution in [0.4, 0.5) is 10.5 Å². The molecule has 1 heterocycles. The van der Waals surface area contributed by atoms with Crippen molar-refractivity contribution in [1.82, 2.24) is 15.2 Å². The Bertz CT molecular complexity index is 545. The van der Waals surface area contributed by atoms with E-state index in [0.29, 0.717) is 17.3 Å². The van der Waals surface area contributed by atoms with Gasteiger partial charge in [0.1, 0.15) is 5.69 Å². The highest BCUT2D eigenvalue weighted by molar-refractivity contribution is 5.95. The first kappa shape index (κ1) is 16.3. The standard InChI is InChI=1S/C16H24N4O2/c1-11-6-4-5-7-13(11)19-16(22)18-12-8-9-17-14(10-12)15(21)20(2)3/h8-11,13H,4-7H2,1-3H3,(H2,17,18,19,22). The van der Waals surface area contributed by atoms with E-state index in [1.165, 1.54) is 17.5 Å². The van der Waals surface area contributed by atoms with Gasteiger partial charge in [-0.3, -0.25) is 9.78 Å². The van der Waals surface area contributed by atoms with Gasteiger partial charge in [-0.25, -0.2) is 4.79 Å². The molecule has 0 spiro atoms. The minimum Gasteiger partial charge on any atom is -0.343 e. The van der Waals surface area contributed by atoms with Gasteiger partial charge < -0.3 is 15.5 Å². The van der Waals surface area contributed by atoms with Crippen LogP contribution in [-0.4, -0.2) is 42.0 Å². The summed E-state index contributed by atoms with van der Waals surface area (Å²) in [4.78, 5) is 29.5. The molecule has 2 rings (SSSR count). The van der Waals surface area contributed by atoms with Crippen molar-refractivity contribution < 1.29 is 9.59 Å². The van der Waals surface area contributed by atoms with Crippen LogP contribution in [0.25, 0.3) is 0 Å². The number of carbonyl (C=O) groups is 2. The van der Waals surface area contributed by atoms with Gasteiger partial charge in [0.25, 0.3) is 5.91 Å². The van der Waals surface area contributed by atoms with E-state index in [0.717, 1.165) is 19.3 Å². The van der Waals surface area contributed by atoms with E-state index in [1.54, 1.807) is 26.2 Å². The van der Waals surface area contributed by atoms with Crippen molar-refractivity contribution in [3.05, 3.63) is 24.0 Å². The molecule has 0 saturated heterocycles. The first-order valence-corrected chi connectivity index (χ1v) is 7.72. The molecule has 22 heavy (non-hydrogen) atoms. The predicted octanol–water partition coefficient (Wildman–Crippen LogP) is 2.48. The highest BCUT2D eigenvalue weighted by atomic mass is 16.2. The minimum absolute atomic E-state index is 0.190. The highest BCUT2D eigenvalue weighted by Crippen LogP contribution is 2.23. The molecule has 120 valence electrons. The molecule has 0 radical (unpaired) electrons. The summed E-state index contributed by atoms with van der Waals surface area (Å²) in [6.07, 6.45) is 6.10. The van der Waals surface area contributed by atoms with Crippen molar-refractivity contribution in [3.8, 4) is 0 Å². The van der Waals surface area contributed by atoms with Gasteiger partial charge in [-0.2, -0.15) is 0 Å². The van der Waals surface area contributed by atoms with E-state index in [-0.39, 0.29) is 18.0 Å². The van der Waals surface area contributed by atoms with Gasteiger partial charge in [-0.15, -0.1) is 0 Å². The maximum absolute atomic E-state index is 12.1. The summed E-state index contributed by atoms with van der Waals surface area (Å²) < 4.78 is 0. The Morgan fingerprint density at radius 1 is 1.27 bits per heavy atom. The fraction of sp³-hybridized carbons (Fsp3) is 0.562. The Labute approximate surface area is 131 Å². The number of urea groups is 1. The molecule has 2 atom stereocenters. The number of hydrogen-bond donors (Lipinski definition) is 2. The first-order valence-electron chi connectivity index (χ1n) is 7.72. The summed E-state index contributed by atoms with van der Waals surface area (Å²) >= 11 is 0. The van der Waals surface area contributed by atoms with Crippen molar-refractivity contribution >= 4 is 17.6 Å². The zero-order valence-corrected chi connectivity index (χ0v) is 13.4. The number of aromatic nitrogens is 1. The quantitative estimate of drug-likeness (QED) is 0.901. The summed E-state index contributed by atoms with van der Waals surface area (Å²) in [6.45, 7) is 2.17. The van der Waals surface area contributed by atoms with E-state index >= 15 is 0 Å². The van der Waals surface area contributed by atoms with Crippen LogP contribution in [0.3, 0.4) is 0 Å². The number of rotatable bonds is 3. The van der Waals surface area contributed by atoms with Gasteiger partial charge in [0, 0.05) is 32.0 Å². The van der Waals surface area contributed by atoms with Crippen molar-refractivity contribution in [2.24, 2.45) is 5.92 Å². The monoisotopic (exact) mass is 304 g/mol. The maximum atomic E-state index is 12.1. The molecule has 0 bridgehead atoms. The van der Waals surface area contributed by atoms with Gasteiger partial charge in [-0.1, -0.05) is 19.8 Å². The van der Waals surface area contributed by atoms with E-state index in [1.807, 2.05) is 0 Å². The second-order valence-electron chi connectivity index (χ2n) is 6.10. The summed E-state index contributed by atoms with van der Waals surface area (Å²) in [5.74, 6) is 0.313. The lowest BCUT2D eigenvalue weighted by Crippen LogP contribution is -2.43. The van der Waals surface area contributed by atoms with E-state index in [2.05, 4.69) is 22.5 Å². The van der Waals surface area contributed by atoms with Crippen LogP contribution in [-0.2, 0) is 0 Å². The molecule has 2 N–H and O–H groups in total. The van der Waals surface area contributed by atoms with Gasteiger partial charge in [0.15, 0.2) is 0 Å². The molecule has 1 aromatic rings. The number of nitrogens with zero attached hydrogens (tertiary/aromatic N) is 2. The lowest BCUT2D eigenvalue weighted by Gasteiger charge is -2.29. The number of pyridine rings is 1. The van der Waals surface area contributed by atoms with Crippen LogP contribution in [0.1, 0.15) is 43.1 Å². The molecule has 2 unspecified atom stereocenters. The van der Waals surface area contributed by atoms with Gasteiger partial charge in [0.2, 0.25) is 0 Å². The topological polar surface area (TPSA) is 74.3 Å². The lowest BCUT2D eigenvalue weighted by molar-refractivity contribution is 0.0822. The van der Waals surface area contributed by atoms with Crippen molar-refractivity contribution in [2.75, 3.05) is 19.4 Å². The third kappa shape index (κ3) is 4.19.